The van der Waals surface area contributed by atoms with Gasteiger partial charge in [0, 0.05) is 13.3 Å². The first-order chi connectivity index (χ1) is 14.9. The summed E-state index contributed by atoms with van der Waals surface area (Å²) in [7, 11) is -1.04. The Kier molecular flexibility index (Phi) is 22.0. The molecule has 2 heterocycles. The van der Waals surface area contributed by atoms with Crippen molar-refractivity contribution >= 4 is 79.5 Å². The average molecular weight is 581 g/mol. The lowest BCUT2D eigenvalue weighted by atomic mass is 10.7. The van der Waals surface area contributed by atoms with Gasteiger partial charge in [-0.1, -0.05) is 48.5 Å². The van der Waals surface area contributed by atoms with Crippen molar-refractivity contribution in [3.8, 4) is 0 Å². The summed E-state index contributed by atoms with van der Waals surface area (Å²) < 4.78 is 19.1. The van der Waals surface area contributed by atoms with E-state index < -0.39 is 8.14 Å². The molecule has 15 heteroatoms. The second-order valence-electron chi connectivity index (χ2n) is 8.00. The zero-order valence-corrected chi connectivity index (χ0v) is 31.5. The first-order valence-corrected chi connectivity index (χ1v) is 22.7. The molecule has 0 aromatic rings. The number of nitrogens with zero attached hydrogens (tertiary/aromatic N) is 7. The third-order valence-electron chi connectivity index (χ3n) is 5.93. The fourth-order valence-electron chi connectivity index (χ4n) is 3.69. The van der Waals surface area contributed by atoms with Gasteiger partial charge in [-0.2, -0.15) is 22.2 Å². The van der Waals surface area contributed by atoms with Crippen molar-refractivity contribution in [3.05, 3.63) is 0 Å². The Bertz CT molecular complexity index is 347. The van der Waals surface area contributed by atoms with Gasteiger partial charge in [-0.25, -0.2) is 0 Å². The summed E-state index contributed by atoms with van der Waals surface area (Å²) in [6, 6.07) is 0. The van der Waals surface area contributed by atoms with E-state index in [4.69, 9.17) is 22.2 Å². The van der Waals surface area contributed by atoms with Crippen LogP contribution in [-0.4, -0.2) is 147 Å². The third kappa shape index (κ3) is 14.6. The highest BCUT2D eigenvalue weighted by Gasteiger charge is 2.21. The minimum atomic E-state index is -0.639. The van der Waals surface area contributed by atoms with Gasteiger partial charge < -0.3 is 31.0 Å². The topological polar surface area (TPSA) is 22.7 Å². The molecule has 188 valence electrons. The van der Waals surface area contributed by atoms with Crippen LogP contribution in [0.5, 0.6) is 0 Å². The highest BCUT2D eigenvalue weighted by Crippen LogP contribution is 2.02. The van der Waals surface area contributed by atoms with E-state index in [1.54, 1.807) is 0 Å². The molecule has 2 saturated heterocycles. The summed E-state index contributed by atoms with van der Waals surface area (Å²) in [6.45, 7) is 27.5. The van der Waals surface area contributed by atoms with Gasteiger partial charge in [0.15, 0.2) is 49.2 Å². The summed E-state index contributed by atoms with van der Waals surface area (Å²) in [6.07, 6.45) is 0. The van der Waals surface area contributed by atoms with Crippen molar-refractivity contribution in [1.82, 2.24) is 31.0 Å². The molecular weight excluding hydrogens is 530 g/mol. The molecule has 0 saturated carbocycles. The molecule has 2 rings (SSSR count). The molecule has 0 atom stereocenters. The number of hydrogen-bond acceptors (Lipinski definition) is 7. The summed E-state index contributed by atoms with van der Waals surface area (Å²) >= 11 is 9.81. The van der Waals surface area contributed by atoms with Gasteiger partial charge >= 0.3 is 0 Å². The van der Waals surface area contributed by atoms with Crippen LogP contribution in [-0.2, 0) is 0 Å². The first kappa shape index (κ1) is 32.6. The Morgan fingerprint density at radius 1 is 0.484 bits per heavy atom. The Hall–Kier alpha value is 1.60. The van der Waals surface area contributed by atoms with Crippen molar-refractivity contribution in [2.45, 2.75) is 48.5 Å². The van der Waals surface area contributed by atoms with E-state index in [0.717, 1.165) is 0 Å². The summed E-state index contributed by atoms with van der Waals surface area (Å²) in [5.41, 5.74) is 0. The number of rotatable bonds is 7. The second-order valence-corrected chi connectivity index (χ2v) is 23.7. The van der Waals surface area contributed by atoms with Crippen LogP contribution in [0.1, 0.15) is 48.5 Å². The van der Waals surface area contributed by atoms with Crippen molar-refractivity contribution in [2.24, 2.45) is 0 Å². The van der Waals surface area contributed by atoms with Gasteiger partial charge in [-0.15, -0.1) is 0 Å². The fraction of sp³-hybridized carbons (Fsp3) is 1.00. The second kappa shape index (κ2) is 20.9. The van der Waals surface area contributed by atoms with Crippen molar-refractivity contribution in [3.63, 3.8) is 0 Å². The Morgan fingerprint density at radius 2 is 0.710 bits per heavy atom. The van der Waals surface area contributed by atoms with Gasteiger partial charge in [0.05, 0.1) is 0 Å². The SMILES string of the molecule is CCN1CN(CC)[SiH2]N(CC)[SiH2]1.CCN1CN(CC)[SiH2]N(CC)[SiH2]N(CC)[SiH2]1.Cl[SiH2]Cl. The molecule has 31 heavy (non-hydrogen) atoms. The van der Waals surface area contributed by atoms with E-state index in [1.165, 1.54) is 59.2 Å². The Morgan fingerprint density at radius 3 is 0.903 bits per heavy atom. The van der Waals surface area contributed by atoms with Gasteiger partial charge in [0.1, 0.15) is 0 Å². The van der Waals surface area contributed by atoms with Gasteiger partial charge in [0.25, 0.3) is 0 Å². The molecule has 0 unspecified atom stereocenters. The van der Waals surface area contributed by atoms with Crippen LogP contribution in [0.15, 0.2) is 0 Å². The van der Waals surface area contributed by atoms with Crippen LogP contribution < -0.4 is 0 Å². The lowest BCUT2D eigenvalue weighted by Gasteiger charge is -2.40. The quantitative estimate of drug-likeness (QED) is 0.245. The zero-order valence-electron chi connectivity index (χ0n) is 21.5. The minimum absolute atomic E-state index is 0.0180. The first-order valence-electron chi connectivity index (χ1n) is 12.1. The monoisotopic (exact) mass is 579 g/mol. The van der Waals surface area contributed by atoms with Gasteiger partial charge in [-0.05, 0) is 45.8 Å². The van der Waals surface area contributed by atoms with Crippen LogP contribution in [0, 0.1) is 0 Å². The lowest BCUT2D eigenvalue weighted by Crippen LogP contribution is -2.59. The standard InChI is InChI=1S/C9H28N4Si3.C7H21N3Si2.Cl2H2Si/c1-5-10-9-11(6-2)15-13(8-4)16-12(7-3)14-10;1-4-8-7-9(5-2)12-10(6-3)11-8;1-3-2/h5-9,14-16H2,1-4H3;4-7,11-12H2,1-3H3;3H2. The normalized spacial score (nSPS) is 25.5. The van der Waals surface area contributed by atoms with E-state index in [0.29, 0.717) is 0 Å². The fourth-order valence-corrected chi connectivity index (χ4v) is 17.6. The molecule has 2 aliphatic heterocycles. The Labute approximate surface area is 217 Å². The van der Waals surface area contributed by atoms with Crippen LogP contribution in [0.2, 0.25) is 0 Å². The maximum Gasteiger partial charge on any atom is 0.222 e. The third-order valence-corrected chi connectivity index (χ3v) is 18.8. The summed E-state index contributed by atoms with van der Waals surface area (Å²) in [4.78, 5) is 0. The van der Waals surface area contributed by atoms with E-state index >= 15 is 0 Å². The molecule has 0 N–H and O–H groups in total. The van der Waals surface area contributed by atoms with E-state index in [2.05, 4.69) is 79.4 Å². The van der Waals surface area contributed by atoms with Crippen molar-refractivity contribution < 1.29 is 0 Å². The largest absolute Gasteiger partial charge is 0.332 e. The van der Waals surface area contributed by atoms with E-state index in [9.17, 15) is 0 Å². The molecule has 0 aromatic heterocycles. The average Bonchev–Trinajstić information content (AvgIpc) is 2.79. The van der Waals surface area contributed by atoms with Crippen LogP contribution >= 0.6 is 22.2 Å². The smallest absolute Gasteiger partial charge is 0.222 e. The van der Waals surface area contributed by atoms with E-state index in [-0.39, 0.29) is 49.2 Å². The van der Waals surface area contributed by atoms with E-state index in [1.807, 2.05) is 0 Å². The highest BCUT2D eigenvalue weighted by atomic mass is 35.7. The molecule has 0 spiro atoms. The maximum atomic E-state index is 4.90. The lowest BCUT2D eigenvalue weighted by molar-refractivity contribution is 0.269. The van der Waals surface area contributed by atoms with Gasteiger partial charge in [0.2, 0.25) is 8.14 Å². The van der Waals surface area contributed by atoms with Crippen molar-refractivity contribution in [2.75, 3.05) is 59.2 Å². The van der Waals surface area contributed by atoms with Crippen LogP contribution in [0.25, 0.3) is 0 Å². The number of halogens is 2. The Balaban J connectivity index is 0.000000531. The summed E-state index contributed by atoms with van der Waals surface area (Å²) in [5, 5.41) is 0. The maximum absolute atomic E-state index is 4.90. The molecule has 0 aliphatic carbocycles. The molecule has 2 aliphatic rings. The minimum Gasteiger partial charge on any atom is -0.332 e. The van der Waals surface area contributed by atoms with Crippen LogP contribution in [0.4, 0.5) is 0 Å². The zero-order chi connectivity index (χ0) is 23.6. The molecule has 0 aromatic carbocycles. The molecular formula is C16H51Cl2N7Si6. The molecule has 0 radical (unpaired) electrons. The predicted octanol–water partition coefficient (Wildman–Crippen LogP) is -2.37. The van der Waals surface area contributed by atoms with Gasteiger partial charge in [-0.3, -0.25) is 0 Å². The van der Waals surface area contributed by atoms with Crippen LogP contribution in [0.3, 0.4) is 0 Å². The van der Waals surface area contributed by atoms with Crippen molar-refractivity contribution in [1.29, 1.82) is 0 Å². The molecule has 0 bridgehead atoms. The predicted molar refractivity (Wildman–Crippen MR) is 159 cm³/mol. The highest BCUT2D eigenvalue weighted by molar-refractivity contribution is 7.22. The molecule has 0 amide bonds. The molecule has 7 nitrogen and oxygen atoms in total. The number of hydrogen-bond donors (Lipinski definition) is 0. The molecule has 2 fully saturated rings. The summed E-state index contributed by atoms with van der Waals surface area (Å²) in [5.74, 6) is 0.